The van der Waals surface area contributed by atoms with Gasteiger partial charge in [-0.15, -0.1) is 0 Å². The van der Waals surface area contributed by atoms with Gasteiger partial charge in [0.25, 0.3) is 5.91 Å². The van der Waals surface area contributed by atoms with Crippen LogP contribution in [-0.2, 0) is 18.0 Å². The third-order valence-electron chi connectivity index (χ3n) is 3.92. The van der Waals surface area contributed by atoms with Crippen LogP contribution >= 0.6 is 0 Å². The number of nitrogens with one attached hydrogen (secondary N) is 1. The van der Waals surface area contributed by atoms with Gasteiger partial charge in [-0.05, 0) is 36.4 Å². The molecule has 29 heavy (non-hydrogen) atoms. The molecule has 3 aromatic rings. The number of hydrogen-bond acceptors (Lipinski definition) is 4. The lowest BCUT2D eigenvalue weighted by Gasteiger charge is -2.09. The van der Waals surface area contributed by atoms with E-state index >= 15 is 0 Å². The number of aromatic nitrogens is 3. The number of carbonyl (C=O) groups excluding carboxylic acids is 1. The van der Waals surface area contributed by atoms with Crippen molar-refractivity contribution in [2.45, 2.75) is 6.18 Å². The summed E-state index contributed by atoms with van der Waals surface area (Å²) in [5, 5.41) is 16.0. The molecule has 6 nitrogen and oxygen atoms in total. The molecule has 0 atom stereocenters. The van der Waals surface area contributed by atoms with E-state index in [1.165, 1.54) is 22.9 Å². The molecular weight excluding hydrogens is 383 g/mol. The van der Waals surface area contributed by atoms with E-state index in [1.807, 2.05) is 0 Å². The van der Waals surface area contributed by atoms with Gasteiger partial charge in [0.2, 0.25) is 0 Å². The van der Waals surface area contributed by atoms with Crippen LogP contribution in [0.2, 0.25) is 0 Å². The lowest BCUT2D eigenvalue weighted by molar-refractivity contribution is -0.137. The standard InChI is InChI=1S/C20H14F3N5O/c1-28-12-15(18(27-28)13-5-7-25-8-6-13)9-14(11-24)19(29)26-17-4-2-3-16(10-17)20(21,22)23/h2-10,12H,1H3,(H,26,29). The average Bonchev–Trinajstić information content (AvgIpc) is 3.06. The number of benzene rings is 1. The van der Waals surface area contributed by atoms with Gasteiger partial charge in [-0.1, -0.05) is 6.07 Å². The van der Waals surface area contributed by atoms with Crippen LogP contribution < -0.4 is 5.32 Å². The van der Waals surface area contributed by atoms with E-state index in [4.69, 9.17) is 0 Å². The van der Waals surface area contributed by atoms with Crippen LogP contribution in [0.25, 0.3) is 17.3 Å². The SMILES string of the molecule is Cn1cc(C=C(C#N)C(=O)Nc2cccc(C(F)(F)F)c2)c(-c2ccncc2)n1. The number of hydrogen-bond donors (Lipinski definition) is 1. The lowest BCUT2D eigenvalue weighted by atomic mass is 10.1. The van der Waals surface area contributed by atoms with Crippen molar-refractivity contribution in [3.05, 3.63) is 71.7 Å². The zero-order valence-corrected chi connectivity index (χ0v) is 15.1. The summed E-state index contributed by atoms with van der Waals surface area (Å²) < 4.78 is 40.0. The lowest BCUT2D eigenvalue weighted by Crippen LogP contribution is -2.14. The number of pyridine rings is 1. The van der Waals surface area contributed by atoms with E-state index in [1.54, 1.807) is 43.8 Å². The summed E-state index contributed by atoms with van der Waals surface area (Å²) in [5.74, 6) is -0.823. The maximum Gasteiger partial charge on any atom is 0.416 e. The van der Waals surface area contributed by atoms with Crippen molar-refractivity contribution in [1.29, 1.82) is 5.26 Å². The summed E-state index contributed by atoms with van der Waals surface area (Å²) in [6, 6.07) is 9.43. The first-order valence-corrected chi connectivity index (χ1v) is 8.32. The normalized spacial score (nSPS) is 11.8. The number of rotatable bonds is 4. The molecule has 0 bridgehead atoms. The van der Waals surface area contributed by atoms with Crippen molar-refractivity contribution in [3.63, 3.8) is 0 Å². The minimum Gasteiger partial charge on any atom is -0.321 e. The fourth-order valence-electron chi connectivity index (χ4n) is 2.62. The smallest absolute Gasteiger partial charge is 0.321 e. The molecule has 1 aromatic carbocycles. The first-order valence-electron chi connectivity index (χ1n) is 8.32. The topological polar surface area (TPSA) is 83.6 Å². The Labute approximate surface area is 163 Å². The summed E-state index contributed by atoms with van der Waals surface area (Å²) in [7, 11) is 1.69. The quantitative estimate of drug-likeness (QED) is 0.532. The van der Waals surface area contributed by atoms with E-state index in [9.17, 15) is 23.2 Å². The van der Waals surface area contributed by atoms with E-state index in [0.29, 0.717) is 11.3 Å². The van der Waals surface area contributed by atoms with Gasteiger partial charge in [0.05, 0.1) is 11.3 Å². The number of halogens is 3. The Bertz CT molecular complexity index is 1110. The van der Waals surface area contributed by atoms with Gasteiger partial charge in [-0.25, -0.2) is 0 Å². The van der Waals surface area contributed by atoms with Crippen LogP contribution in [0.1, 0.15) is 11.1 Å². The fourth-order valence-corrected chi connectivity index (χ4v) is 2.62. The minimum atomic E-state index is -4.54. The summed E-state index contributed by atoms with van der Waals surface area (Å²) >= 11 is 0. The monoisotopic (exact) mass is 397 g/mol. The fraction of sp³-hybridized carbons (Fsp3) is 0.100. The molecule has 0 unspecified atom stereocenters. The Morgan fingerprint density at radius 2 is 1.97 bits per heavy atom. The molecule has 2 heterocycles. The molecule has 2 aromatic heterocycles. The summed E-state index contributed by atoms with van der Waals surface area (Å²) in [6.45, 7) is 0. The van der Waals surface area contributed by atoms with Gasteiger partial charge in [-0.2, -0.15) is 23.5 Å². The van der Waals surface area contributed by atoms with Gasteiger partial charge in [0, 0.05) is 42.5 Å². The zero-order chi connectivity index (χ0) is 21.0. The third kappa shape index (κ3) is 4.68. The number of nitrogens with zero attached hydrogens (tertiary/aromatic N) is 4. The van der Waals surface area contributed by atoms with Gasteiger partial charge in [0.15, 0.2) is 0 Å². The first-order chi connectivity index (χ1) is 13.8. The maximum absolute atomic E-state index is 12.8. The highest BCUT2D eigenvalue weighted by Crippen LogP contribution is 2.31. The van der Waals surface area contributed by atoms with Gasteiger partial charge in [0.1, 0.15) is 11.6 Å². The average molecular weight is 397 g/mol. The van der Waals surface area contributed by atoms with E-state index in [2.05, 4.69) is 15.4 Å². The minimum absolute atomic E-state index is 0.0634. The molecule has 0 saturated carbocycles. The predicted molar refractivity (Wildman–Crippen MR) is 100 cm³/mol. The Morgan fingerprint density at radius 3 is 2.62 bits per heavy atom. The van der Waals surface area contributed by atoms with E-state index in [-0.39, 0.29) is 11.3 Å². The molecule has 0 spiro atoms. The summed E-state index contributed by atoms with van der Waals surface area (Å²) in [5.41, 5.74) is 0.550. The van der Waals surface area contributed by atoms with Crippen LogP contribution in [-0.4, -0.2) is 20.7 Å². The Hall–Kier alpha value is -3.93. The summed E-state index contributed by atoms with van der Waals surface area (Å²) in [6.07, 6.45) is 1.60. The molecule has 1 amide bonds. The zero-order valence-electron chi connectivity index (χ0n) is 15.1. The third-order valence-corrected chi connectivity index (χ3v) is 3.92. The van der Waals surface area contributed by atoms with Crippen molar-refractivity contribution in [3.8, 4) is 17.3 Å². The highest BCUT2D eigenvalue weighted by molar-refractivity contribution is 6.10. The van der Waals surface area contributed by atoms with Crippen molar-refractivity contribution in [2.24, 2.45) is 7.05 Å². The molecule has 0 radical (unpaired) electrons. The Morgan fingerprint density at radius 1 is 1.24 bits per heavy atom. The van der Waals surface area contributed by atoms with Gasteiger partial charge in [-0.3, -0.25) is 14.5 Å². The highest BCUT2D eigenvalue weighted by Gasteiger charge is 2.30. The number of anilines is 1. The highest BCUT2D eigenvalue weighted by atomic mass is 19.4. The van der Waals surface area contributed by atoms with Crippen LogP contribution in [0.3, 0.4) is 0 Å². The number of aryl methyl sites for hydroxylation is 1. The molecule has 0 aliphatic rings. The van der Waals surface area contributed by atoms with Crippen LogP contribution in [0.15, 0.2) is 60.6 Å². The molecule has 0 fully saturated rings. The molecule has 0 aliphatic carbocycles. The first kappa shape index (κ1) is 19.8. The second kappa shape index (κ2) is 7.98. The number of amides is 1. The van der Waals surface area contributed by atoms with Crippen molar-refractivity contribution >= 4 is 17.7 Å². The van der Waals surface area contributed by atoms with Crippen LogP contribution in [0.5, 0.6) is 0 Å². The number of carbonyl (C=O) groups is 1. The number of alkyl halides is 3. The summed E-state index contributed by atoms with van der Waals surface area (Å²) in [4.78, 5) is 16.4. The molecule has 9 heteroatoms. The van der Waals surface area contributed by atoms with Crippen molar-refractivity contribution < 1.29 is 18.0 Å². The van der Waals surface area contributed by atoms with Crippen LogP contribution in [0.4, 0.5) is 18.9 Å². The maximum atomic E-state index is 12.8. The van der Waals surface area contributed by atoms with E-state index in [0.717, 1.165) is 17.7 Å². The second-order valence-electron chi connectivity index (χ2n) is 6.05. The molecular formula is C20H14F3N5O. The molecule has 0 aliphatic heterocycles. The van der Waals surface area contributed by atoms with E-state index < -0.39 is 17.6 Å². The predicted octanol–water partition coefficient (Wildman–Crippen LogP) is 4.05. The van der Waals surface area contributed by atoms with Gasteiger partial charge >= 0.3 is 6.18 Å². The Kier molecular flexibility index (Phi) is 5.45. The van der Waals surface area contributed by atoms with Crippen LogP contribution in [0, 0.1) is 11.3 Å². The molecule has 0 saturated heterocycles. The number of nitriles is 1. The molecule has 1 N–H and O–H groups in total. The van der Waals surface area contributed by atoms with Crippen molar-refractivity contribution in [1.82, 2.24) is 14.8 Å². The molecule has 146 valence electrons. The second-order valence-corrected chi connectivity index (χ2v) is 6.05. The largest absolute Gasteiger partial charge is 0.416 e. The molecule has 3 rings (SSSR count). The van der Waals surface area contributed by atoms with Gasteiger partial charge < -0.3 is 5.32 Å². The van der Waals surface area contributed by atoms with Crippen molar-refractivity contribution in [2.75, 3.05) is 5.32 Å². The Balaban J connectivity index is 1.90.